The Morgan fingerprint density at radius 1 is 1.27 bits per heavy atom. The Labute approximate surface area is 97.1 Å². The van der Waals surface area contributed by atoms with Gasteiger partial charge in [0, 0.05) is 0 Å². The van der Waals surface area contributed by atoms with Crippen LogP contribution in [-0.2, 0) is 9.53 Å². The molecule has 0 aromatic carbocycles. The lowest BCUT2D eigenvalue weighted by atomic mass is 9.30. The summed E-state index contributed by atoms with van der Waals surface area (Å²) in [4.78, 5) is 11.3. The number of carbonyl (C=O) groups excluding carboxylic acids is 1. The fraction of sp³-hybridized carbons (Fsp3) is 0.909. The van der Waals surface area contributed by atoms with Crippen LogP contribution in [0.3, 0.4) is 0 Å². The quantitative estimate of drug-likeness (QED) is 0.756. The summed E-state index contributed by atoms with van der Waals surface area (Å²) in [5.41, 5.74) is 6.49. The summed E-state index contributed by atoms with van der Waals surface area (Å²) in [6, 6.07) is -0.395. The van der Waals surface area contributed by atoms with Gasteiger partial charge in [0.2, 0.25) is 0 Å². The van der Waals surface area contributed by atoms with Crippen molar-refractivity contribution in [2.45, 2.75) is 39.2 Å². The van der Waals surface area contributed by atoms with Crippen LogP contribution in [0.2, 0.25) is 0 Å². The van der Waals surface area contributed by atoms with Gasteiger partial charge in [-0.1, -0.05) is 13.8 Å². The number of nitrogens with two attached hydrogens (primary N) is 1. The second-order valence-corrected chi connectivity index (χ2v) is 5.41. The van der Waals surface area contributed by atoms with Gasteiger partial charge < -0.3 is 10.5 Å². The summed E-state index contributed by atoms with van der Waals surface area (Å²) >= 11 is 0. The normalized spacial score (nSPS) is 38.5. The summed E-state index contributed by atoms with van der Waals surface area (Å²) in [5.74, 6) is 0.469. The average molecular weight is 234 g/mol. The summed E-state index contributed by atoms with van der Waals surface area (Å²) in [6.07, 6.45) is 3.36. The van der Waals surface area contributed by atoms with E-state index in [9.17, 15) is 4.79 Å². The van der Waals surface area contributed by atoms with Crippen molar-refractivity contribution in [3.63, 3.8) is 0 Å². The van der Waals surface area contributed by atoms with Gasteiger partial charge in [0.15, 0.2) is 0 Å². The molecule has 3 aliphatic rings. The lowest BCUT2D eigenvalue weighted by Crippen LogP contribution is -2.72. The molecule has 3 nitrogen and oxygen atoms in total. The third-order valence-electron chi connectivity index (χ3n) is 4.45. The first kappa shape index (κ1) is 12.8. The zero-order valence-electron chi connectivity index (χ0n) is 9.58. The molecule has 0 radical (unpaired) electrons. The second-order valence-electron chi connectivity index (χ2n) is 5.41. The first-order chi connectivity index (χ1) is 6.46. The van der Waals surface area contributed by atoms with Crippen molar-refractivity contribution in [1.29, 1.82) is 0 Å². The Balaban J connectivity index is 0.00000112. The molecule has 3 fully saturated rings. The molecule has 3 rings (SSSR count). The molecule has 1 atom stereocenters. The van der Waals surface area contributed by atoms with Crippen LogP contribution >= 0.6 is 12.4 Å². The van der Waals surface area contributed by atoms with Crippen molar-refractivity contribution in [3.8, 4) is 0 Å². The molecule has 15 heavy (non-hydrogen) atoms. The van der Waals surface area contributed by atoms with Crippen LogP contribution in [-0.4, -0.2) is 19.1 Å². The molecule has 1 unspecified atom stereocenters. The summed E-state index contributed by atoms with van der Waals surface area (Å²) in [5, 5.41) is 0. The number of methoxy groups -OCH3 is 1. The number of hydrogen-bond donors (Lipinski definition) is 1. The maximum absolute atomic E-state index is 11.3. The zero-order valence-corrected chi connectivity index (χ0v) is 10.4. The highest BCUT2D eigenvalue weighted by Gasteiger charge is 2.71. The van der Waals surface area contributed by atoms with E-state index in [2.05, 4.69) is 18.6 Å². The summed E-state index contributed by atoms with van der Waals surface area (Å²) < 4.78 is 4.69. The van der Waals surface area contributed by atoms with Gasteiger partial charge in [-0.15, -0.1) is 12.4 Å². The lowest BCUT2D eigenvalue weighted by molar-refractivity contribution is -0.242. The lowest BCUT2D eigenvalue weighted by Gasteiger charge is -2.74. The number of hydrogen-bond acceptors (Lipinski definition) is 3. The third-order valence-corrected chi connectivity index (χ3v) is 4.45. The summed E-state index contributed by atoms with van der Waals surface area (Å²) in [7, 11) is 1.41. The van der Waals surface area contributed by atoms with E-state index in [4.69, 9.17) is 5.73 Å². The number of ether oxygens (including phenoxy) is 1. The fourth-order valence-electron chi connectivity index (χ4n) is 3.27. The topological polar surface area (TPSA) is 52.3 Å². The van der Waals surface area contributed by atoms with Crippen LogP contribution in [0.1, 0.15) is 33.1 Å². The SMILES string of the molecule is COC(=O)C(N)C12CC(C(C)C)(C1)C2.Cl. The minimum absolute atomic E-state index is 0. The molecule has 0 aromatic rings. The Morgan fingerprint density at radius 3 is 2.07 bits per heavy atom. The van der Waals surface area contributed by atoms with Crippen molar-refractivity contribution in [2.75, 3.05) is 7.11 Å². The standard InChI is InChI=1S/C11H19NO2.ClH/c1-7(2)10-4-11(5-10,6-10)8(12)9(13)14-3;/h7-8H,4-6,12H2,1-3H3;1H. The Morgan fingerprint density at radius 2 is 1.73 bits per heavy atom. The van der Waals surface area contributed by atoms with Gasteiger partial charge >= 0.3 is 5.97 Å². The van der Waals surface area contributed by atoms with Crippen molar-refractivity contribution in [3.05, 3.63) is 0 Å². The average Bonchev–Trinajstić information content (AvgIpc) is 1.96. The van der Waals surface area contributed by atoms with Gasteiger partial charge in [-0.25, -0.2) is 0 Å². The van der Waals surface area contributed by atoms with Crippen molar-refractivity contribution in [1.82, 2.24) is 0 Å². The highest BCUT2D eigenvalue weighted by Crippen LogP contribution is 2.77. The summed E-state index contributed by atoms with van der Waals surface area (Å²) in [6.45, 7) is 4.51. The number of carbonyl (C=O) groups is 1. The second kappa shape index (κ2) is 3.63. The fourth-order valence-corrected chi connectivity index (χ4v) is 3.27. The van der Waals surface area contributed by atoms with Gasteiger partial charge in [-0.05, 0) is 36.0 Å². The third kappa shape index (κ3) is 1.48. The Bertz CT molecular complexity index is 258. The molecular weight excluding hydrogens is 214 g/mol. The van der Waals surface area contributed by atoms with Crippen molar-refractivity contribution in [2.24, 2.45) is 22.5 Å². The molecule has 4 heteroatoms. The van der Waals surface area contributed by atoms with Gasteiger partial charge in [-0.2, -0.15) is 0 Å². The Kier molecular flexibility index (Phi) is 3.10. The molecule has 0 aliphatic heterocycles. The molecule has 0 aromatic heterocycles. The molecule has 0 saturated heterocycles. The van der Waals surface area contributed by atoms with Crippen LogP contribution < -0.4 is 5.73 Å². The zero-order chi connectivity index (χ0) is 10.6. The molecule has 3 saturated carbocycles. The van der Waals surface area contributed by atoms with Crippen molar-refractivity contribution >= 4 is 18.4 Å². The van der Waals surface area contributed by atoms with E-state index >= 15 is 0 Å². The van der Waals surface area contributed by atoms with Gasteiger partial charge in [0.25, 0.3) is 0 Å². The predicted octanol–water partition coefficient (Wildman–Crippen LogP) is 1.73. The maximum atomic E-state index is 11.3. The van der Waals surface area contributed by atoms with E-state index in [0.29, 0.717) is 11.3 Å². The predicted molar refractivity (Wildman–Crippen MR) is 60.8 cm³/mol. The van der Waals surface area contributed by atoms with E-state index in [1.807, 2.05) is 0 Å². The van der Waals surface area contributed by atoms with Gasteiger partial charge in [-0.3, -0.25) is 4.79 Å². The molecule has 88 valence electrons. The van der Waals surface area contributed by atoms with E-state index in [-0.39, 0.29) is 23.8 Å². The largest absolute Gasteiger partial charge is 0.468 e. The van der Waals surface area contributed by atoms with E-state index in [1.54, 1.807) is 0 Å². The highest BCUT2D eigenvalue weighted by molar-refractivity contribution is 5.85. The molecule has 0 amide bonds. The Hall–Kier alpha value is -0.280. The number of esters is 1. The molecule has 0 spiro atoms. The van der Waals surface area contributed by atoms with Gasteiger partial charge in [0.1, 0.15) is 6.04 Å². The van der Waals surface area contributed by atoms with Crippen molar-refractivity contribution < 1.29 is 9.53 Å². The van der Waals surface area contributed by atoms with E-state index in [0.717, 1.165) is 19.3 Å². The number of halogens is 1. The molecule has 2 N–H and O–H groups in total. The first-order valence-corrected chi connectivity index (χ1v) is 5.29. The molecule has 0 heterocycles. The van der Waals surface area contributed by atoms with E-state index in [1.165, 1.54) is 7.11 Å². The molecular formula is C11H20ClNO2. The minimum Gasteiger partial charge on any atom is -0.468 e. The smallest absolute Gasteiger partial charge is 0.323 e. The van der Waals surface area contributed by atoms with Crippen LogP contribution in [0.4, 0.5) is 0 Å². The van der Waals surface area contributed by atoms with E-state index < -0.39 is 6.04 Å². The highest BCUT2D eigenvalue weighted by atomic mass is 35.5. The maximum Gasteiger partial charge on any atom is 0.323 e. The van der Waals surface area contributed by atoms with Crippen LogP contribution in [0.25, 0.3) is 0 Å². The molecule has 2 bridgehead atoms. The van der Waals surface area contributed by atoms with Gasteiger partial charge in [0.05, 0.1) is 7.11 Å². The van der Waals surface area contributed by atoms with Crippen LogP contribution in [0.15, 0.2) is 0 Å². The first-order valence-electron chi connectivity index (χ1n) is 5.29. The minimum atomic E-state index is -0.395. The molecule has 3 aliphatic carbocycles. The monoisotopic (exact) mass is 233 g/mol. The van der Waals surface area contributed by atoms with Crippen LogP contribution in [0, 0.1) is 16.7 Å². The number of rotatable bonds is 3. The van der Waals surface area contributed by atoms with Crippen LogP contribution in [0.5, 0.6) is 0 Å².